The highest BCUT2D eigenvalue weighted by molar-refractivity contribution is 4.63. The van der Waals surface area contributed by atoms with Gasteiger partial charge in [-0.05, 0) is 6.42 Å². The second-order valence-corrected chi connectivity index (χ2v) is 2.96. The summed E-state index contributed by atoms with van der Waals surface area (Å²) in [6.07, 6.45) is 8.89. The van der Waals surface area contributed by atoms with Gasteiger partial charge in [0.05, 0.1) is 12.4 Å². The molecule has 0 saturated heterocycles. The molecule has 0 spiro atoms. The molecule has 11 heavy (non-hydrogen) atoms. The number of aromatic nitrogens is 2. The third kappa shape index (κ3) is 2.66. The lowest BCUT2D eigenvalue weighted by atomic mass is 10.1. The SMILES string of the molecule is CCC(C)C[n+]1ccncc1. The summed E-state index contributed by atoms with van der Waals surface area (Å²) in [5.41, 5.74) is 0. The van der Waals surface area contributed by atoms with Crippen LogP contribution in [0.3, 0.4) is 0 Å². The van der Waals surface area contributed by atoms with Crippen molar-refractivity contribution in [1.29, 1.82) is 0 Å². The van der Waals surface area contributed by atoms with Crippen molar-refractivity contribution in [3.63, 3.8) is 0 Å². The topological polar surface area (TPSA) is 16.8 Å². The highest BCUT2D eigenvalue weighted by Crippen LogP contribution is 1.98. The van der Waals surface area contributed by atoms with Gasteiger partial charge in [0.25, 0.3) is 0 Å². The lowest BCUT2D eigenvalue weighted by Gasteiger charge is -2.01. The van der Waals surface area contributed by atoms with Crippen molar-refractivity contribution in [1.82, 2.24) is 4.98 Å². The van der Waals surface area contributed by atoms with E-state index in [1.807, 2.05) is 24.8 Å². The third-order valence-corrected chi connectivity index (χ3v) is 1.91. The van der Waals surface area contributed by atoms with E-state index in [-0.39, 0.29) is 0 Å². The van der Waals surface area contributed by atoms with Crippen LogP contribution in [0.5, 0.6) is 0 Å². The average molecular weight is 151 g/mol. The van der Waals surface area contributed by atoms with Crippen LogP contribution in [0.2, 0.25) is 0 Å². The molecule has 1 rings (SSSR count). The minimum atomic E-state index is 0.752. The Hall–Kier alpha value is -0.920. The first-order chi connectivity index (χ1) is 5.33. The van der Waals surface area contributed by atoms with E-state index in [2.05, 4.69) is 23.4 Å². The van der Waals surface area contributed by atoms with Crippen LogP contribution < -0.4 is 4.57 Å². The van der Waals surface area contributed by atoms with Gasteiger partial charge in [-0.25, -0.2) is 4.57 Å². The Morgan fingerprint density at radius 3 is 2.55 bits per heavy atom. The minimum absolute atomic E-state index is 0.752. The Labute approximate surface area is 67.9 Å². The largest absolute Gasteiger partial charge is 0.252 e. The van der Waals surface area contributed by atoms with E-state index < -0.39 is 0 Å². The quantitative estimate of drug-likeness (QED) is 0.597. The normalized spacial score (nSPS) is 12.9. The lowest BCUT2D eigenvalue weighted by molar-refractivity contribution is -0.703. The van der Waals surface area contributed by atoms with E-state index in [0.29, 0.717) is 0 Å². The molecule has 0 aliphatic carbocycles. The van der Waals surface area contributed by atoms with E-state index >= 15 is 0 Å². The zero-order valence-electron chi connectivity index (χ0n) is 7.20. The van der Waals surface area contributed by atoms with E-state index in [4.69, 9.17) is 0 Å². The summed E-state index contributed by atoms with van der Waals surface area (Å²) in [5.74, 6) is 0.752. The summed E-state index contributed by atoms with van der Waals surface area (Å²) in [6, 6.07) is 0. The van der Waals surface area contributed by atoms with Crippen molar-refractivity contribution in [2.45, 2.75) is 26.8 Å². The van der Waals surface area contributed by atoms with Gasteiger partial charge < -0.3 is 0 Å². The van der Waals surface area contributed by atoms with Crippen LogP contribution in [-0.4, -0.2) is 4.98 Å². The summed E-state index contributed by atoms with van der Waals surface area (Å²) in [6.45, 7) is 5.57. The van der Waals surface area contributed by atoms with Gasteiger partial charge in [0.15, 0.2) is 18.9 Å². The van der Waals surface area contributed by atoms with Gasteiger partial charge >= 0.3 is 0 Å². The molecule has 0 saturated carbocycles. The first-order valence-electron chi connectivity index (χ1n) is 4.12. The molecule has 2 nitrogen and oxygen atoms in total. The molecule has 0 fully saturated rings. The van der Waals surface area contributed by atoms with Crippen LogP contribution in [0.1, 0.15) is 20.3 Å². The standard InChI is InChI=1S/C9H15N2/c1-3-9(2)8-11-6-4-10-5-7-11/h4-7,9H,3,8H2,1-2H3/q+1. The number of rotatable bonds is 3. The summed E-state index contributed by atoms with van der Waals surface area (Å²) in [4.78, 5) is 3.96. The number of nitrogens with zero attached hydrogens (tertiary/aromatic N) is 2. The van der Waals surface area contributed by atoms with Crippen LogP contribution in [0.4, 0.5) is 0 Å². The molecule has 0 aromatic carbocycles. The molecule has 1 aromatic rings. The molecular weight excluding hydrogens is 136 g/mol. The maximum absolute atomic E-state index is 3.96. The molecule has 0 aliphatic heterocycles. The fourth-order valence-corrected chi connectivity index (χ4v) is 0.958. The summed E-state index contributed by atoms with van der Waals surface area (Å²) in [5, 5.41) is 0. The van der Waals surface area contributed by atoms with Crippen LogP contribution in [0.15, 0.2) is 24.8 Å². The maximum Gasteiger partial charge on any atom is 0.187 e. The predicted octanol–water partition coefficient (Wildman–Crippen LogP) is 1.42. The molecule has 1 unspecified atom stereocenters. The number of hydrogen-bond donors (Lipinski definition) is 0. The Morgan fingerprint density at radius 1 is 1.36 bits per heavy atom. The van der Waals surface area contributed by atoms with Crippen molar-refractivity contribution < 1.29 is 4.57 Å². The Balaban J connectivity index is 2.51. The van der Waals surface area contributed by atoms with Crippen molar-refractivity contribution in [3.05, 3.63) is 24.8 Å². The van der Waals surface area contributed by atoms with Crippen LogP contribution in [-0.2, 0) is 6.54 Å². The summed E-state index contributed by atoms with van der Waals surface area (Å²) >= 11 is 0. The second-order valence-electron chi connectivity index (χ2n) is 2.96. The Morgan fingerprint density at radius 2 is 2.00 bits per heavy atom. The fraction of sp³-hybridized carbons (Fsp3) is 0.556. The summed E-state index contributed by atoms with van der Waals surface area (Å²) in [7, 11) is 0. The zero-order valence-corrected chi connectivity index (χ0v) is 7.20. The van der Waals surface area contributed by atoms with Crippen LogP contribution >= 0.6 is 0 Å². The fourth-order valence-electron chi connectivity index (χ4n) is 0.958. The van der Waals surface area contributed by atoms with Crippen LogP contribution in [0, 0.1) is 5.92 Å². The zero-order chi connectivity index (χ0) is 8.10. The van der Waals surface area contributed by atoms with Gasteiger partial charge in [0.1, 0.15) is 0 Å². The molecular formula is C9H15N2+. The smallest absolute Gasteiger partial charge is 0.187 e. The van der Waals surface area contributed by atoms with Gasteiger partial charge in [0.2, 0.25) is 0 Å². The van der Waals surface area contributed by atoms with E-state index in [1.54, 1.807) is 0 Å². The molecule has 0 bridgehead atoms. The van der Waals surface area contributed by atoms with Gasteiger partial charge in [-0.15, -0.1) is 0 Å². The molecule has 60 valence electrons. The molecule has 0 aliphatic rings. The van der Waals surface area contributed by atoms with Crippen molar-refractivity contribution >= 4 is 0 Å². The predicted molar refractivity (Wildman–Crippen MR) is 43.9 cm³/mol. The van der Waals surface area contributed by atoms with Gasteiger partial charge in [-0.3, -0.25) is 4.98 Å². The number of hydrogen-bond acceptors (Lipinski definition) is 1. The van der Waals surface area contributed by atoms with Crippen molar-refractivity contribution in [3.8, 4) is 0 Å². The highest BCUT2D eigenvalue weighted by Gasteiger charge is 2.04. The molecule has 2 heteroatoms. The second kappa shape index (κ2) is 4.06. The van der Waals surface area contributed by atoms with Crippen molar-refractivity contribution in [2.24, 2.45) is 5.92 Å². The maximum atomic E-state index is 3.96. The lowest BCUT2D eigenvalue weighted by Crippen LogP contribution is -2.35. The van der Waals surface area contributed by atoms with E-state index in [9.17, 15) is 0 Å². The van der Waals surface area contributed by atoms with Crippen LogP contribution in [0.25, 0.3) is 0 Å². The van der Waals surface area contributed by atoms with Gasteiger partial charge in [-0.1, -0.05) is 13.8 Å². The Bertz CT molecular complexity index is 196. The first-order valence-corrected chi connectivity index (χ1v) is 4.12. The molecule has 1 atom stereocenters. The molecule has 1 aromatic heterocycles. The van der Waals surface area contributed by atoms with Gasteiger partial charge in [0, 0.05) is 5.92 Å². The first kappa shape index (κ1) is 8.18. The van der Waals surface area contributed by atoms with E-state index in [1.165, 1.54) is 6.42 Å². The highest BCUT2D eigenvalue weighted by atomic mass is 14.9. The molecule has 0 N–H and O–H groups in total. The Kier molecular flexibility index (Phi) is 3.02. The molecule has 1 heterocycles. The molecule has 0 radical (unpaired) electrons. The minimum Gasteiger partial charge on any atom is -0.252 e. The monoisotopic (exact) mass is 151 g/mol. The van der Waals surface area contributed by atoms with E-state index in [0.717, 1.165) is 12.5 Å². The van der Waals surface area contributed by atoms with Gasteiger partial charge in [-0.2, -0.15) is 0 Å². The summed E-state index contributed by atoms with van der Waals surface area (Å²) < 4.78 is 2.17. The average Bonchev–Trinajstić information content (AvgIpc) is 2.06. The van der Waals surface area contributed by atoms with Crippen molar-refractivity contribution in [2.75, 3.05) is 0 Å². The third-order valence-electron chi connectivity index (χ3n) is 1.91. The molecule has 0 amide bonds.